The van der Waals surface area contributed by atoms with E-state index >= 15 is 0 Å². The highest BCUT2D eigenvalue weighted by molar-refractivity contribution is 6.43. The fraction of sp³-hybridized carbons (Fsp3) is 0.433. The van der Waals surface area contributed by atoms with Crippen molar-refractivity contribution in [2.24, 2.45) is 17.8 Å². The summed E-state index contributed by atoms with van der Waals surface area (Å²) in [6.07, 6.45) is 5.92. The smallest absolute Gasteiger partial charge is 0.455 e. The number of aromatic nitrogens is 1. The molecular formula is C30H35BN2O6. The number of carbonyl (C=O) groups excluding carboxylic acids is 2. The number of likely N-dealkylation sites (tertiary alicyclic amines) is 1. The number of aromatic hydroxyl groups is 1. The van der Waals surface area contributed by atoms with Crippen molar-refractivity contribution in [3.8, 4) is 5.75 Å². The van der Waals surface area contributed by atoms with Crippen molar-refractivity contribution in [1.82, 2.24) is 9.88 Å². The van der Waals surface area contributed by atoms with E-state index in [2.05, 4.69) is 4.98 Å². The maximum absolute atomic E-state index is 13.4. The number of amides is 2. The highest BCUT2D eigenvalue weighted by Crippen LogP contribution is 2.50. The van der Waals surface area contributed by atoms with E-state index in [1.807, 2.05) is 37.3 Å². The van der Waals surface area contributed by atoms with Gasteiger partial charge in [-0.15, -0.1) is 0 Å². The Morgan fingerprint density at radius 3 is 2.77 bits per heavy atom. The van der Waals surface area contributed by atoms with Crippen LogP contribution in [0.1, 0.15) is 43.9 Å². The van der Waals surface area contributed by atoms with Gasteiger partial charge in [-0.2, -0.15) is 0 Å². The number of nitrogens with zero attached hydrogens (tertiary/aromatic N) is 2. The number of phenols is 1. The van der Waals surface area contributed by atoms with E-state index in [1.54, 1.807) is 31.5 Å². The Kier molecular flexibility index (Phi) is 8.30. The van der Waals surface area contributed by atoms with Crippen LogP contribution in [0.4, 0.5) is 0 Å². The lowest BCUT2D eigenvalue weighted by atomic mass is 9.58. The number of imide groups is 1. The van der Waals surface area contributed by atoms with Crippen LogP contribution in [0.25, 0.3) is 11.6 Å². The average Bonchev–Trinajstić information content (AvgIpc) is 3.16. The molecule has 2 fully saturated rings. The number of carbonyl (C=O) groups is 2. The summed E-state index contributed by atoms with van der Waals surface area (Å²) in [7, 11) is 0.604. The van der Waals surface area contributed by atoms with E-state index in [0.717, 1.165) is 28.0 Å². The van der Waals surface area contributed by atoms with Crippen LogP contribution in [-0.2, 0) is 19.0 Å². The topological polar surface area (TPSA) is 109 Å². The zero-order valence-electron chi connectivity index (χ0n) is 22.5. The predicted molar refractivity (Wildman–Crippen MR) is 148 cm³/mol. The SMILES string of the molecule is CCCN1C(=O)[C@@H]2[C@@H](CC(COC)=C3[C@@H](CC/C(=C/c4cccc(O)c4)c4ccccn4)OB(O)C[C@@H]32)C1=O. The molecule has 0 bridgehead atoms. The molecule has 0 radical (unpaired) electrons. The first kappa shape index (κ1) is 27.3. The number of hydrogen-bond acceptors (Lipinski definition) is 7. The summed E-state index contributed by atoms with van der Waals surface area (Å²) in [4.78, 5) is 32.6. The molecule has 1 aliphatic carbocycles. The first-order valence-corrected chi connectivity index (χ1v) is 13.7. The first-order chi connectivity index (χ1) is 18.9. The van der Waals surface area contributed by atoms with E-state index in [1.165, 1.54) is 4.90 Å². The highest BCUT2D eigenvalue weighted by atomic mass is 16.5. The molecule has 5 rings (SSSR count). The maximum atomic E-state index is 13.4. The average molecular weight is 530 g/mol. The number of ether oxygens (including phenoxy) is 1. The number of benzene rings is 1. The van der Waals surface area contributed by atoms with Crippen LogP contribution in [-0.4, -0.2) is 65.3 Å². The zero-order valence-corrected chi connectivity index (χ0v) is 22.5. The molecule has 3 aliphatic rings. The van der Waals surface area contributed by atoms with Gasteiger partial charge in [-0.05, 0) is 90.5 Å². The van der Waals surface area contributed by atoms with Crippen LogP contribution in [0.3, 0.4) is 0 Å². The molecule has 1 aromatic carbocycles. The quantitative estimate of drug-likeness (QED) is 0.287. The second kappa shape index (κ2) is 11.9. The van der Waals surface area contributed by atoms with Gasteiger partial charge in [-0.25, -0.2) is 0 Å². The Bertz CT molecular complexity index is 1280. The Labute approximate surface area is 229 Å². The van der Waals surface area contributed by atoms with Crippen molar-refractivity contribution < 1.29 is 29.1 Å². The summed E-state index contributed by atoms with van der Waals surface area (Å²) in [6, 6.07) is 12.8. The third kappa shape index (κ3) is 5.57. The number of pyridine rings is 1. The second-order valence-electron chi connectivity index (χ2n) is 10.6. The number of phenolic OH excluding ortho intramolecular Hbond substituents is 1. The van der Waals surface area contributed by atoms with Crippen molar-refractivity contribution in [3.05, 3.63) is 71.1 Å². The van der Waals surface area contributed by atoms with Crippen molar-refractivity contribution in [3.63, 3.8) is 0 Å². The molecule has 9 heteroatoms. The van der Waals surface area contributed by atoms with Gasteiger partial charge in [0, 0.05) is 19.9 Å². The molecule has 204 valence electrons. The molecule has 3 heterocycles. The summed E-state index contributed by atoms with van der Waals surface area (Å²) >= 11 is 0. The molecular weight excluding hydrogens is 495 g/mol. The lowest BCUT2D eigenvalue weighted by Crippen LogP contribution is -2.46. The standard InChI is InChI=1S/C30H35BN2O6/c1-3-13-33-29(35)23-16-21(18-38-2)27-24(28(23)30(33)36)17-31(37)39-26(27)11-10-20(25-9-4-5-12-32-25)14-19-7-6-8-22(34)15-19/h4-9,12,14-15,23-24,26,28,34,37H,3,10-11,13,16-18H2,1-2H3/b20-14-/t23-,24+,26-,28-/m1/s1. The molecule has 2 amide bonds. The van der Waals surface area contributed by atoms with E-state index in [-0.39, 0.29) is 29.8 Å². The zero-order chi connectivity index (χ0) is 27.5. The van der Waals surface area contributed by atoms with Crippen LogP contribution in [0.15, 0.2) is 59.8 Å². The minimum absolute atomic E-state index is 0.108. The Morgan fingerprint density at radius 2 is 2.05 bits per heavy atom. The van der Waals surface area contributed by atoms with Gasteiger partial charge in [-0.1, -0.05) is 25.1 Å². The molecule has 39 heavy (non-hydrogen) atoms. The Hall–Kier alpha value is -3.27. The fourth-order valence-electron chi connectivity index (χ4n) is 6.51. The molecule has 2 aromatic rings. The van der Waals surface area contributed by atoms with E-state index in [0.29, 0.717) is 38.8 Å². The molecule has 1 aromatic heterocycles. The summed E-state index contributed by atoms with van der Waals surface area (Å²) in [5.74, 6) is -1.21. The van der Waals surface area contributed by atoms with Gasteiger partial charge in [0.2, 0.25) is 11.8 Å². The minimum atomic E-state index is -1.03. The monoisotopic (exact) mass is 530 g/mol. The van der Waals surface area contributed by atoms with Gasteiger partial charge >= 0.3 is 7.12 Å². The number of allylic oxidation sites excluding steroid dienone is 1. The van der Waals surface area contributed by atoms with Crippen molar-refractivity contribution >= 4 is 30.6 Å². The van der Waals surface area contributed by atoms with Gasteiger partial charge < -0.3 is 19.5 Å². The molecule has 2 N–H and O–H groups in total. The minimum Gasteiger partial charge on any atom is -0.508 e. The number of hydrogen-bond donors (Lipinski definition) is 2. The molecule has 8 nitrogen and oxygen atoms in total. The van der Waals surface area contributed by atoms with E-state index in [9.17, 15) is 19.7 Å². The largest absolute Gasteiger partial charge is 0.508 e. The number of methoxy groups -OCH3 is 1. The van der Waals surface area contributed by atoms with Crippen LogP contribution in [0.2, 0.25) is 6.32 Å². The molecule has 0 spiro atoms. The summed E-state index contributed by atoms with van der Waals surface area (Å²) < 4.78 is 11.7. The first-order valence-electron chi connectivity index (χ1n) is 13.7. The second-order valence-corrected chi connectivity index (χ2v) is 10.6. The maximum Gasteiger partial charge on any atom is 0.455 e. The number of rotatable bonds is 9. The third-order valence-corrected chi connectivity index (χ3v) is 8.05. The molecule has 0 unspecified atom stereocenters. The fourth-order valence-corrected chi connectivity index (χ4v) is 6.51. The Morgan fingerprint density at radius 1 is 1.21 bits per heavy atom. The Balaban J connectivity index is 1.47. The van der Waals surface area contributed by atoms with Gasteiger partial charge in [0.25, 0.3) is 0 Å². The summed E-state index contributed by atoms with van der Waals surface area (Å²) in [5.41, 5.74) is 4.63. The summed E-state index contributed by atoms with van der Waals surface area (Å²) in [6.45, 7) is 2.73. The van der Waals surface area contributed by atoms with Crippen LogP contribution >= 0.6 is 0 Å². The predicted octanol–water partition coefficient (Wildman–Crippen LogP) is 3.96. The van der Waals surface area contributed by atoms with Crippen LogP contribution in [0, 0.1) is 17.8 Å². The molecule has 2 aliphatic heterocycles. The van der Waals surface area contributed by atoms with Crippen molar-refractivity contribution in [2.75, 3.05) is 20.3 Å². The van der Waals surface area contributed by atoms with Crippen molar-refractivity contribution in [2.45, 2.75) is 45.0 Å². The van der Waals surface area contributed by atoms with Gasteiger partial charge in [-0.3, -0.25) is 19.5 Å². The normalized spacial score (nSPS) is 25.3. The lowest BCUT2D eigenvalue weighted by Gasteiger charge is -2.43. The lowest BCUT2D eigenvalue weighted by molar-refractivity contribution is -0.140. The molecule has 0 saturated carbocycles. The molecule has 4 atom stereocenters. The highest BCUT2D eigenvalue weighted by Gasteiger charge is 2.57. The van der Waals surface area contributed by atoms with Gasteiger partial charge in [0.15, 0.2) is 0 Å². The third-order valence-electron chi connectivity index (χ3n) is 8.05. The van der Waals surface area contributed by atoms with Gasteiger partial charge in [0.1, 0.15) is 5.75 Å². The number of fused-ring (bicyclic) bond motifs is 3. The summed E-state index contributed by atoms with van der Waals surface area (Å²) in [5, 5.41) is 20.8. The van der Waals surface area contributed by atoms with Crippen LogP contribution in [0.5, 0.6) is 5.75 Å². The van der Waals surface area contributed by atoms with E-state index in [4.69, 9.17) is 9.39 Å². The molecule has 2 saturated heterocycles. The van der Waals surface area contributed by atoms with E-state index < -0.39 is 25.1 Å². The van der Waals surface area contributed by atoms with Crippen molar-refractivity contribution in [1.29, 1.82) is 0 Å². The van der Waals surface area contributed by atoms with Crippen LogP contribution < -0.4 is 0 Å². The van der Waals surface area contributed by atoms with Gasteiger partial charge in [0.05, 0.1) is 30.2 Å².